The average Bonchev–Trinajstić information content (AvgIpc) is 3.10. The molecular formula is C14H22N2O4. The van der Waals surface area contributed by atoms with Gasteiger partial charge in [0.2, 0.25) is 0 Å². The summed E-state index contributed by atoms with van der Waals surface area (Å²) in [6.07, 6.45) is 3.73. The fourth-order valence-corrected chi connectivity index (χ4v) is 3.92. The first-order chi connectivity index (χ1) is 9.58. The standard InChI is InChI=1S/C14H22N2O4/c1-15(12-8-20-7-11(12)13(17)18)14(19)16-5-9-3-2-4-10(9)6-16/h9-12H,2-8H2,1H3,(H,17,18). The summed E-state index contributed by atoms with van der Waals surface area (Å²) in [5.74, 6) is -0.179. The third kappa shape index (κ3) is 2.26. The number of fused-ring (bicyclic) bond motifs is 1. The van der Waals surface area contributed by atoms with Gasteiger partial charge in [0, 0.05) is 20.1 Å². The van der Waals surface area contributed by atoms with Crippen LogP contribution < -0.4 is 0 Å². The van der Waals surface area contributed by atoms with Crippen molar-refractivity contribution >= 4 is 12.0 Å². The number of rotatable bonds is 2. The molecule has 4 atom stereocenters. The molecule has 0 bridgehead atoms. The molecule has 1 saturated carbocycles. The van der Waals surface area contributed by atoms with E-state index >= 15 is 0 Å². The quantitative estimate of drug-likeness (QED) is 0.816. The highest BCUT2D eigenvalue weighted by atomic mass is 16.5. The van der Waals surface area contributed by atoms with Gasteiger partial charge >= 0.3 is 12.0 Å². The molecular weight excluding hydrogens is 260 g/mol. The van der Waals surface area contributed by atoms with Crippen molar-refractivity contribution in [3.63, 3.8) is 0 Å². The first-order valence-corrected chi connectivity index (χ1v) is 7.40. The fraction of sp³-hybridized carbons (Fsp3) is 0.857. The molecule has 3 rings (SSSR count). The molecule has 3 fully saturated rings. The summed E-state index contributed by atoms with van der Waals surface area (Å²) in [6.45, 7) is 2.18. The monoisotopic (exact) mass is 282 g/mol. The van der Waals surface area contributed by atoms with Crippen LogP contribution in [0.15, 0.2) is 0 Å². The van der Waals surface area contributed by atoms with E-state index in [1.165, 1.54) is 19.3 Å². The van der Waals surface area contributed by atoms with Crippen LogP contribution in [-0.2, 0) is 9.53 Å². The summed E-state index contributed by atoms with van der Waals surface area (Å²) in [5.41, 5.74) is 0. The largest absolute Gasteiger partial charge is 0.481 e. The predicted octanol–water partition coefficient (Wildman–Crippen LogP) is 0.870. The van der Waals surface area contributed by atoms with E-state index in [1.54, 1.807) is 11.9 Å². The SMILES string of the molecule is CN(C(=O)N1CC2CCCC2C1)C1COCC1C(=O)O. The predicted molar refractivity (Wildman–Crippen MR) is 71.3 cm³/mol. The molecule has 6 heteroatoms. The second-order valence-corrected chi connectivity index (χ2v) is 6.30. The third-order valence-electron chi connectivity index (χ3n) is 5.16. The summed E-state index contributed by atoms with van der Waals surface area (Å²) in [5, 5.41) is 9.18. The Labute approximate surface area is 118 Å². The van der Waals surface area contributed by atoms with Gasteiger partial charge in [0.1, 0.15) is 5.92 Å². The Morgan fingerprint density at radius 1 is 1.20 bits per heavy atom. The summed E-state index contributed by atoms with van der Waals surface area (Å²) < 4.78 is 5.25. The molecule has 0 aromatic rings. The molecule has 2 heterocycles. The topological polar surface area (TPSA) is 70.1 Å². The van der Waals surface area contributed by atoms with E-state index in [2.05, 4.69) is 0 Å². The summed E-state index contributed by atoms with van der Waals surface area (Å²) >= 11 is 0. The minimum absolute atomic E-state index is 0.0406. The highest BCUT2D eigenvalue weighted by Crippen LogP contribution is 2.38. The maximum Gasteiger partial charge on any atom is 0.320 e. The first kappa shape index (κ1) is 13.7. The fourth-order valence-electron chi connectivity index (χ4n) is 3.92. The molecule has 0 spiro atoms. The van der Waals surface area contributed by atoms with E-state index in [1.807, 2.05) is 4.90 Å². The van der Waals surface area contributed by atoms with Crippen molar-refractivity contribution in [1.82, 2.24) is 9.80 Å². The van der Waals surface area contributed by atoms with Crippen molar-refractivity contribution in [1.29, 1.82) is 0 Å². The number of carbonyl (C=O) groups is 2. The summed E-state index contributed by atoms with van der Waals surface area (Å²) in [4.78, 5) is 27.2. The van der Waals surface area contributed by atoms with Crippen LogP contribution in [0.2, 0.25) is 0 Å². The number of carboxylic acid groups (broad SMARTS) is 1. The zero-order valence-electron chi connectivity index (χ0n) is 11.8. The Morgan fingerprint density at radius 3 is 2.45 bits per heavy atom. The molecule has 2 saturated heterocycles. The number of urea groups is 1. The molecule has 2 amide bonds. The number of likely N-dealkylation sites (N-methyl/N-ethyl adjacent to an activating group) is 1. The Morgan fingerprint density at radius 2 is 1.85 bits per heavy atom. The lowest BCUT2D eigenvalue weighted by Gasteiger charge is -2.31. The normalized spacial score (nSPS) is 36.1. The van der Waals surface area contributed by atoms with E-state index < -0.39 is 11.9 Å². The van der Waals surface area contributed by atoms with Gasteiger partial charge in [-0.25, -0.2) is 4.79 Å². The van der Waals surface area contributed by atoms with Crippen LogP contribution in [0.3, 0.4) is 0 Å². The van der Waals surface area contributed by atoms with Crippen LogP contribution in [0.4, 0.5) is 4.79 Å². The van der Waals surface area contributed by atoms with Gasteiger partial charge in [-0.1, -0.05) is 6.42 Å². The zero-order valence-corrected chi connectivity index (χ0v) is 11.8. The van der Waals surface area contributed by atoms with Gasteiger partial charge < -0.3 is 19.6 Å². The molecule has 20 heavy (non-hydrogen) atoms. The molecule has 1 N–H and O–H groups in total. The van der Waals surface area contributed by atoms with Crippen molar-refractivity contribution in [2.24, 2.45) is 17.8 Å². The number of nitrogens with zero attached hydrogens (tertiary/aromatic N) is 2. The number of hydrogen-bond donors (Lipinski definition) is 1. The van der Waals surface area contributed by atoms with Crippen molar-refractivity contribution in [2.45, 2.75) is 25.3 Å². The lowest BCUT2D eigenvalue weighted by atomic mass is 10.0. The molecule has 1 aliphatic carbocycles. The van der Waals surface area contributed by atoms with Crippen molar-refractivity contribution < 1.29 is 19.4 Å². The van der Waals surface area contributed by atoms with Gasteiger partial charge in [-0.15, -0.1) is 0 Å². The van der Waals surface area contributed by atoms with Gasteiger partial charge in [-0.2, -0.15) is 0 Å². The van der Waals surface area contributed by atoms with Gasteiger partial charge in [0.25, 0.3) is 0 Å². The Balaban J connectivity index is 1.63. The number of amides is 2. The summed E-state index contributed by atoms with van der Waals surface area (Å²) in [6, 6.07) is -0.387. The molecule has 3 aliphatic rings. The minimum atomic E-state index is -0.884. The second kappa shape index (κ2) is 5.24. The average molecular weight is 282 g/mol. The van der Waals surface area contributed by atoms with Crippen LogP contribution >= 0.6 is 0 Å². The number of aliphatic carboxylic acids is 1. The highest BCUT2D eigenvalue weighted by Gasteiger charge is 2.43. The van der Waals surface area contributed by atoms with E-state index in [-0.39, 0.29) is 18.7 Å². The van der Waals surface area contributed by atoms with Gasteiger partial charge in [-0.3, -0.25) is 4.79 Å². The minimum Gasteiger partial charge on any atom is -0.481 e. The zero-order chi connectivity index (χ0) is 14.3. The third-order valence-corrected chi connectivity index (χ3v) is 5.16. The lowest BCUT2D eigenvalue weighted by molar-refractivity contribution is -0.142. The molecule has 0 radical (unpaired) electrons. The maximum atomic E-state index is 12.5. The second-order valence-electron chi connectivity index (χ2n) is 6.30. The molecule has 0 aromatic heterocycles. The smallest absolute Gasteiger partial charge is 0.320 e. The molecule has 4 unspecified atom stereocenters. The van der Waals surface area contributed by atoms with Gasteiger partial charge in [0.05, 0.1) is 19.3 Å². The number of hydrogen-bond acceptors (Lipinski definition) is 3. The van der Waals surface area contributed by atoms with Gasteiger partial charge in [0.15, 0.2) is 0 Å². The molecule has 2 aliphatic heterocycles. The van der Waals surface area contributed by atoms with Crippen molar-refractivity contribution in [3.8, 4) is 0 Å². The Hall–Kier alpha value is -1.30. The van der Waals surface area contributed by atoms with Crippen LogP contribution in [0, 0.1) is 17.8 Å². The molecule has 0 aromatic carbocycles. The molecule has 112 valence electrons. The lowest BCUT2D eigenvalue weighted by Crippen LogP contribution is -2.49. The van der Waals surface area contributed by atoms with Crippen LogP contribution in [0.1, 0.15) is 19.3 Å². The number of carboxylic acids is 1. The van der Waals surface area contributed by atoms with Crippen molar-refractivity contribution in [2.75, 3.05) is 33.4 Å². The number of likely N-dealkylation sites (tertiary alicyclic amines) is 1. The Kier molecular flexibility index (Phi) is 3.58. The maximum absolute atomic E-state index is 12.5. The highest BCUT2D eigenvalue weighted by molar-refractivity contribution is 5.77. The number of ether oxygens (including phenoxy) is 1. The van der Waals surface area contributed by atoms with Crippen molar-refractivity contribution in [3.05, 3.63) is 0 Å². The van der Waals surface area contributed by atoms with Crippen LogP contribution in [-0.4, -0.2) is 66.3 Å². The van der Waals surface area contributed by atoms with E-state index in [4.69, 9.17) is 4.74 Å². The number of carbonyl (C=O) groups excluding carboxylic acids is 1. The Bertz CT molecular complexity index is 402. The van der Waals surface area contributed by atoms with Crippen LogP contribution in [0.25, 0.3) is 0 Å². The summed E-state index contributed by atoms with van der Waals surface area (Å²) in [7, 11) is 1.70. The van der Waals surface area contributed by atoms with E-state index in [0.29, 0.717) is 18.4 Å². The van der Waals surface area contributed by atoms with E-state index in [9.17, 15) is 14.7 Å². The van der Waals surface area contributed by atoms with Gasteiger partial charge in [-0.05, 0) is 24.7 Å². The molecule has 6 nitrogen and oxygen atoms in total. The first-order valence-electron chi connectivity index (χ1n) is 7.40. The van der Waals surface area contributed by atoms with E-state index in [0.717, 1.165) is 13.1 Å². The van der Waals surface area contributed by atoms with Crippen LogP contribution in [0.5, 0.6) is 0 Å².